The van der Waals surface area contributed by atoms with E-state index in [-0.39, 0.29) is 0 Å². The number of nitrogens with one attached hydrogen (secondary N) is 1. The molecule has 0 aliphatic carbocycles. The van der Waals surface area contributed by atoms with Crippen molar-refractivity contribution < 1.29 is 4.74 Å². The Morgan fingerprint density at radius 2 is 2.19 bits per heavy atom. The molecule has 3 aromatic heterocycles. The number of hydrogen-bond acceptors (Lipinski definition) is 4. The maximum Gasteiger partial charge on any atom is 0.242 e. The van der Waals surface area contributed by atoms with Gasteiger partial charge in [-0.1, -0.05) is 6.07 Å². The van der Waals surface area contributed by atoms with E-state index in [4.69, 9.17) is 4.74 Å². The highest BCUT2D eigenvalue weighted by Gasteiger charge is 2.14. The molecule has 110 valence electrons. The van der Waals surface area contributed by atoms with Gasteiger partial charge in [0.25, 0.3) is 0 Å². The smallest absolute Gasteiger partial charge is 0.242 e. The average Bonchev–Trinajstić information content (AvgIpc) is 3.06. The molecule has 21 heavy (non-hydrogen) atoms. The lowest BCUT2D eigenvalue weighted by Gasteiger charge is -2.05. The van der Waals surface area contributed by atoms with E-state index >= 15 is 0 Å². The Morgan fingerprint density at radius 3 is 2.90 bits per heavy atom. The lowest BCUT2D eigenvalue weighted by atomic mass is 10.4. The first-order valence-corrected chi connectivity index (χ1v) is 7.01. The second-order valence-corrected chi connectivity index (χ2v) is 5.17. The molecule has 0 fully saturated rings. The molecule has 1 N–H and O–H groups in total. The van der Waals surface area contributed by atoms with Crippen LogP contribution in [0.25, 0.3) is 5.65 Å². The van der Waals surface area contributed by atoms with Gasteiger partial charge in [0.05, 0.1) is 12.4 Å². The van der Waals surface area contributed by atoms with Crippen LogP contribution in [0.15, 0.2) is 36.8 Å². The van der Waals surface area contributed by atoms with Crippen molar-refractivity contribution in [3.63, 3.8) is 0 Å². The van der Waals surface area contributed by atoms with Gasteiger partial charge < -0.3 is 10.1 Å². The standard InChI is InChI=1S/C15H19N5O/c1-11(2)20-10-12(8-17-20)21-15-13(9-16-3)19-7-5-4-6-14(19)18-15/h4-8,10-11,16H,9H2,1-3H3. The van der Waals surface area contributed by atoms with Crippen LogP contribution in [0.5, 0.6) is 11.6 Å². The summed E-state index contributed by atoms with van der Waals surface area (Å²) in [6.07, 6.45) is 5.59. The van der Waals surface area contributed by atoms with Crippen LogP contribution >= 0.6 is 0 Å². The lowest BCUT2D eigenvalue weighted by Crippen LogP contribution is -2.08. The highest BCUT2D eigenvalue weighted by molar-refractivity contribution is 5.46. The van der Waals surface area contributed by atoms with E-state index in [1.165, 1.54) is 0 Å². The molecule has 0 radical (unpaired) electrons. The minimum absolute atomic E-state index is 0.306. The van der Waals surface area contributed by atoms with E-state index in [9.17, 15) is 0 Å². The third-order valence-electron chi connectivity index (χ3n) is 3.26. The summed E-state index contributed by atoms with van der Waals surface area (Å²) in [6.45, 7) is 4.83. The van der Waals surface area contributed by atoms with Crippen LogP contribution < -0.4 is 10.1 Å². The Labute approximate surface area is 123 Å². The molecule has 0 spiro atoms. The average molecular weight is 285 g/mol. The molecule has 0 aromatic carbocycles. The molecule has 0 aliphatic rings. The van der Waals surface area contributed by atoms with Gasteiger partial charge in [-0.25, -0.2) is 0 Å². The SMILES string of the molecule is CNCc1c(Oc2cnn(C(C)C)c2)nc2ccccn12. The number of aromatic nitrogens is 4. The molecular formula is C15H19N5O. The predicted octanol–water partition coefficient (Wildman–Crippen LogP) is 2.62. The molecule has 6 nitrogen and oxygen atoms in total. The first-order valence-electron chi connectivity index (χ1n) is 7.01. The molecule has 0 saturated carbocycles. The van der Waals surface area contributed by atoms with E-state index in [1.54, 1.807) is 6.20 Å². The summed E-state index contributed by atoms with van der Waals surface area (Å²) in [5, 5.41) is 7.43. The van der Waals surface area contributed by atoms with Crippen LogP contribution in [0.1, 0.15) is 25.6 Å². The summed E-state index contributed by atoms with van der Waals surface area (Å²) in [4.78, 5) is 4.54. The third-order valence-corrected chi connectivity index (χ3v) is 3.26. The van der Waals surface area contributed by atoms with E-state index in [2.05, 4.69) is 29.2 Å². The fourth-order valence-corrected chi connectivity index (χ4v) is 2.20. The molecule has 3 heterocycles. The first kappa shape index (κ1) is 13.6. The minimum Gasteiger partial charge on any atom is -0.434 e. The predicted molar refractivity (Wildman–Crippen MR) is 80.6 cm³/mol. The molecule has 0 bridgehead atoms. The quantitative estimate of drug-likeness (QED) is 0.783. The van der Waals surface area contributed by atoms with Crippen molar-refractivity contribution in [3.8, 4) is 11.6 Å². The Hall–Kier alpha value is -2.34. The topological polar surface area (TPSA) is 56.4 Å². The zero-order chi connectivity index (χ0) is 14.8. The molecule has 6 heteroatoms. The maximum absolute atomic E-state index is 5.92. The van der Waals surface area contributed by atoms with Gasteiger partial charge >= 0.3 is 0 Å². The zero-order valence-electron chi connectivity index (χ0n) is 12.4. The van der Waals surface area contributed by atoms with Crippen LogP contribution in [0.2, 0.25) is 0 Å². The van der Waals surface area contributed by atoms with Gasteiger partial charge in [0.15, 0.2) is 5.75 Å². The Bertz CT molecular complexity index is 743. The van der Waals surface area contributed by atoms with Gasteiger partial charge in [0, 0.05) is 18.8 Å². The van der Waals surface area contributed by atoms with Crippen LogP contribution in [0.4, 0.5) is 0 Å². The van der Waals surface area contributed by atoms with Crippen LogP contribution in [-0.4, -0.2) is 26.2 Å². The van der Waals surface area contributed by atoms with Gasteiger partial charge in [-0.3, -0.25) is 9.08 Å². The Kier molecular flexibility index (Phi) is 3.62. The van der Waals surface area contributed by atoms with Gasteiger partial charge in [-0.15, -0.1) is 0 Å². The van der Waals surface area contributed by atoms with E-state index in [0.717, 1.165) is 11.3 Å². The van der Waals surface area contributed by atoms with Crippen molar-refractivity contribution in [2.75, 3.05) is 7.05 Å². The molecule has 3 rings (SSSR count). The Morgan fingerprint density at radius 1 is 1.33 bits per heavy atom. The van der Waals surface area contributed by atoms with Crippen molar-refractivity contribution in [1.29, 1.82) is 0 Å². The highest BCUT2D eigenvalue weighted by Crippen LogP contribution is 2.26. The van der Waals surface area contributed by atoms with E-state index in [0.29, 0.717) is 24.2 Å². The number of ether oxygens (including phenoxy) is 1. The molecule has 3 aromatic rings. The number of nitrogens with zero attached hydrogens (tertiary/aromatic N) is 4. The van der Waals surface area contributed by atoms with Gasteiger partial charge in [0.1, 0.15) is 11.3 Å². The summed E-state index contributed by atoms with van der Waals surface area (Å²) >= 11 is 0. The molecule has 0 saturated heterocycles. The summed E-state index contributed by atoms with van der Waals surface area (Å²) in [5.41, 5.74) is 1.86. The van der Waals surface area contributed by atoms with Crippen LogP contribution in [0.3, 0.4) is 0 Å². The highest BCUT2D eigenvalue weighted by atomic mass is 16.5. The van der Waals surface area contributed by atoms with Crippen molar-refractivity contribution in [3.05, 3.63) is 42.5 Å². The fraction of sp³-hybridized carbons (Fsp3) is 0.333. The van der Waals surface area contributed by atoms with Crippen LogP contribution in [-0.2, 0) is 6.54 Å². The number of hydrogen-bond donors (Lipinski definition) is 1. The second-order valence-electron chi connectivity index (χ2n) is 5.17. The third kappa shape index (κ3) is 2.62. The minimum atomic E-state index is 0.306. The van der Waals surface area contributed by atoms with Crippen molar-refractivity contribution in [2.45, 2.75) is 26.4 Å². The monoisotopic (exact) mass is 285 g/mol. The first-order chi connectivity index (χ1) is 10.2. The number of imidazole rings is 1. The number of rotatable bonds is 5. The fourth-order valence-electron chi connectivity index (χ4n) is 2.20. The van der Waals surface area contributed by atoms with Crippen molar-refractivity contribution in [1.82, 2.24) is 24.5 Å². The molecule has 0 unspecified atom stereocenters. The molecule has 0 aliphatic heterocycles. The largest absolute Gasteiger partial charge is 0.434 e. The second kappa shape index (κ2) is 5.57. The summed E-state index contributed by atoms with van der Waals surface area (Å²) < 4.78 is 9.81. The molecule has 0 amide bonds. The summed E-state index contributed by atoms with van der Waals surface area (Å²) in [7, 11) is 1.91. The summed E-state index contributed by atoms with van der Waals surface area (Å²) in [5.74, 6) is 1.31. The van der Waals surface area contributed by atoms with E-state index in [1.807, 2.05) is 46.7 Å². The molecule has 0 atom stereocenters. The molecular weight excluding hydrogens is 266 g/mol. The Balaban J connectivity index is 1.96. The zero-order valence-corrected chi connectivity index (χ0v) is 12.4. The normalized spacial score (nSPS) is 11.4. The van der Waals surface area contributed by atoms with Gasteiger partial charge in [-0.05, 0) is 33.0 Å². The van der Waals surface area contributed by atoms with E-state index < -0.39 is 0 Å². The van der Waals surface area contributed by atoms with Gasteiger partial charge in [-0.2, -0.15) is 10.1 Å². The van der Waals surface area contributed by atoms with Crippen molar-refractivity contribution in [2.24, 2.45) is 0 Å². The summed E-state index contributed by atoms with van der Waals surface area (Å²) in [6, 6.07) is 6.21. The van der Waals surface area contributed by atoms with Crippen molar-refractivity contribution >= 4 is 5.65 Å². The lowest BCUT2D eigenvalue weighted by molar-refractivity contribution is 0.453. The van der Waals surface area contributed by atoms with Gasteiger partial charge in [0.2, 0.25) is 5.88 Å². The number of pyridine rings is 1. The van der Waals surface area contributed by atoms with Crippen LogP contribution in [0, 0.1) is 0 Å². The maximum atomic E-state index is 5.92. The number of fused-ring (bicyclic) bond motifs is 1.